The molecule has 0 saturated heterocycles. The molecule has 2 amide bonds. The first-order valence-corrected chi connectivity index (χ1v) is 10.6. The molecule has 1 heterocycles. The molecule has 9 nitrogen and oxygen atoms in total. The highest BCUT2D eigenvalue weighted by Gasteiger charge is 2.30. The van der Waals surface area contributed by atoms with Crippen molar-refractivity contribution in [1.29, 1.82) is 0 Å². The number of aromatic nitrogens is 1. The van der Waals surface area contributed by atoms with Gasteiger partial charge in [0.1, 0.15) is 17.2 Å². The van der Waals surface area contributed by atoms with Gasteiger partial charge in [-0.05, 0) is 50.2 Å². The third kappa shape index (κ3) is 4.82. The fourth-order valence-electron chi connectivity index (χ4n) is 3.83. The van der Waals surface area contributed by atoms with E-state index in [4.69, 9.17) is 10.3 Å². The molecule has 3 rings (SSSR count). The quantitative estimate of drug-likeness (QED) is 0.472. The lowest BCUT2D eigenvalue weighted by Gasteiger charge is -2.25. The summed E-state index contributed by atoms with van der Waals surface area (Å²) in [5.41, 5.74) is 6.78. The Hall–Kier alpha value is -3.07. The van der Waals surface area contributed by atoms with Crippen LogP contribution in [0.1, 0.15) is 68.4 Å². The number of phenols is 2. The van der Waals surface area contributed by atoms with Gasteiger partial charge in [-0.25, -0.2) is 0 Å². The molecule has 1 aromatic carbocycles. The molecule has 2 aromatic rings. The van der Waals surface area contributed by atoms with Crippen molar-refractivity contribution in [2.75, 3.05) is 11.9 Å². The molecule has 9 heteroatoms. The van der Waals surface area contributed by atoms with Crippen LogP contribution in [0.15, 0.2) is 16.7 Å². The fraction of sp³-hybridized carbons (Fsp3) is 0.500. The largest absolute Gasteiger partial charge is 0.508 e. The van der Waals surface area contributed by atoms with Crippen LogP contribution in [-0.2, 0) is 4.79 Å². The molecule has 1 fully saturated rings. The van der Waals surface area contributed by atoms with Crippen molar-refractivity contribution < 1.29 is 24.3 Å². The molecule has 1 saturated carbocycles. The van der Waals surface area contributed by atoms with E-state index in [1.54, 1.807) is 13.0 Å². The van der Waals surface area contributed by atoms with E-state index in [2.05, 4.69) is 15.8 Å². The molecule has 1 aromatic heterocycles. The van der Waals surface area contributed by atoms with Gasteiger partial charge in [0.05, 0.1) is 5.56 Å². The topological polar surface area (TPSA) is 151 Å². The molecule has 0 atom stereocenters. The van der Waals surface area contributed by atoms with E-state index in [1.807, 2.05) is 13.8 Å². The average molecular weight is 431 g/mol. The van der Waals surface area contributed by atoms with Gasteiger partial charge in [-0.15, -0.1) is 0 Å². The van der Waals surface area contributed by atoms with Crippen LogP contribution in [0.3, 0.4) is 0 Å². The number of nitrogens with two attached hydrogens (primary N) is 1. The molecule has 6 N–H and O–H groups in total. The van der Waals surface area contributed by atoms with Crippen molar-refractivity contribution in [3.63, 3.8) is 0 Å². The molecular weight excluding hydrogens is 400 g/mol. The van der Waals surface area contributed by atoms with Gasteiger partial charge in [0.15, 0.2) is 11.5 Å². The van der Waals surface area contributed by atoms with Gasteiger partial charge in [-0.2, -0.15) is 0 Å². The first-order chi connectivity index (χ1) is 14.7. The highest BCUT2D eigenvalue weighted by atomic mass is 16.5. The molecule has 1 aliphatic carbocycles. The predicted molar refractivity (Wildman–Crippen MR) is 116 cm³/mol. The fourth-order valence-corrected chi connectivity index (χ4v) is 3.83. The molecular formula is C22H30N4O5. The zero-order valence-electron chi connectivity index (χ0n) is 18.1. The van der Waals surface area contributed by atoms with Crippen LogP contribution in [0, 0.1) is 5.92 Å². The molecule has 0 spiro atoms. The number of anilines is 1. The van der Waals surface area contributed by atoms with E-state index in [0.717, 1.165) is 12.8 Å². The summed E-state index contributed by atoms with van der Waals surface area (Å²) in [5, 5.41) is 29.9. The first-order valence-electron chi connectivity index (χ1n) is 10.6. The predicted octanol–water partition coefficient (Wildman–Crippen LogP) is 3.08. The number of carbonyl (C=O) groups excluding carboxylic acids is 2. The summed E-state index contributed by atoms with van der Waals surface area (Å²) in [6.45, 7) is 5.93. The number of phenolic OH excluding ortho intramolecular Hbond substituents is 2. The van der Waals surface area contributed by atoms with Crippen molar-refractivity contribution in [3.05, 3.63) is 23.4 Å². The molecule has 0 radical (unpaired) electrons. The van der Waals surface area contributed by atoms with Crippen LogP contribution in [0.4, 0.5) is 5.69 Å². The Bertz CT molecular complexity index is 961. The summed E-state index contributed by atoms with van der Waals surface area (Å²) in [5.74, 6) is -1.26. The summed E-state index contributed by atoms with van der Waals surface area (Å²) in [7, 11) is 0. The zero-order chi connectivity index (χ0) is 22.7. The minimum absolute atomic E-state index is 0.0328. The Labute approximate surface area is 181 Å². The molecule has 0 bridgehead atoms. The Morgan fingerprint density at radius 3 is 2.48 bits per heavy atom. The van der Waals surface area contributed by atoms with E-state index >= 15 is 0 Å². The van der Waals surface area contributed by atoms with Crippen LogP contribution in [-0.4, -0.2) is 39.8 Å². The smallest absolute Gasteiger partial charge is 0.275 e. The lowest BCUT2D eigenvalue weighted by Crippen LogP contribution is -2.33. The second-order valence-corrected chi connectivity index (χ2v) is 8.28. The minimum Gasteiger partial charge on any atom is -0.508 e. The zero-order valence-corrected chi connectivity index (χ0v) is 18.1. The second kappa shape index (κ2) is 9.38. The average Bonchev–Trinajstić information content (AvgIpc) is 3.11. The highest BCUT2D eigenvalue weighted by molar-refractivity contribution is 6.06. The van der Waals surface area contributed by atoms with Crippen LogP contribution < -0.4 is 16.4 Å². The first kappa shape index (κ1) is 22.6. The van der Waals surface area contributed by atoms with Gasteiger partial charge >= 0.3 is 0 Å². The number of benzene rings is 1. The van der Waals surface area contributed by atoms with E-state index in [1.165, 1.54) is 6.07 Å². The molecule has 0 aliphatic heterocycles. The summed E-state index contributed by atoms with van der Waals surface area (Å²) in [6.07, 6.45) is 2.83. The number of carbonyl (C=O) groups is 2. The van der Waals surface area contributed by atoms with Crippen LogP contribution in [0.2, 0.25) is 0 Å². The Kier molecular flexibility index (Phi) is 6.84. The number of hydrogen-bond acceptors (Lipinski definition) is 7. The Morgan fingerprint density at radius 1 is 1.19 bits per heavy atom. The maximum atomic E-state index is 12.9. The molecule has 0 unspecified atom stereocenters. The van der Waals surface area contributed by atoms with Crippen LogP contribution >= 0.6 is 0 Å². The van der Waals surface area contributed by atoms with Crippen molar-refractivity contribution in [2.45, 2.75) is 58.4 Å². The Balaban J connectivity index is 2.03. The number of aromatic hydroxyl groups is 2. The highest BCUT2D eigenvalue weighted by Crippen LogP contribution is 2.42. The lowest BCUT2D eigenvalue weighted by atomic mass is 9.86. The summed E-state index contributed by atoms with van der Waals surface area (Å²) < 4.78 is 5.42. The van der Waals surface area contributed by atoms with Crippen LogP contribution in [0.25, 0.3) is 11.3 Å². The van der Waals surface area contributed by atoms with Crippen LogP contribution in [0.5, 0.6) is 11.5 Å². The summed E-state index contributed by atoms with van der Waals surface area (Å²) >= 11 is 0. The van der Waals surface area contributed by atoms with E-state index in [9.17, 15) is 19.8 Å². The monoisotopic (exact) mass is 430 g/mol. The molecule has 168 valence electrons. The van der Waals surface area contributed by atoms with E-state index in [0.29, 0.717) is 24.9 Å². The maximum absolute atomic E-state index is 12.9. The van der Waals surface area contributed by atoms with Crippen molar-refractivity contribution in [2.24, 2.45) is 11.7 Å². The lowest BCUT2D eigenvalue weighted by molar-refractivity contribution is -0.120. The van der Waals surface area contributed by atoms with Crippen molar-refractivity contribution in [3.8, 4) is 22.8 Å². The second-order valence-electron chi connectivity index (χ2n) is 8.28. The molecule has 1 aliphatic rings. The number of amides is 2. The standard InChI is InChI=1S/C22H30N4O5/c1-4-24-22(30)19-18(25-21(29)12-5-7-13(23)8-6-12)20(31-26-19)15-9-14(11(2)3)16(27)10-17(15)28/h9-13,27-28H,4-8,23H2,1-3H3,(H,24,30)(H,25,29). The van der Waals surface area contributed by atoms with Gasteiger partial charge in [0, 0.05) is 24.6 Å². The normalized spacial score (nSPS) is 18.7. The SMILES string of the molecule is CCNC(=O)c1noc(-c2cc(C(C)C)c(O)cc2O)c1NC(=O)C1CCC(N)CC1. The number of nitrogens with zero attached hydrogens (tertiary/aromatic N) is 1. The van der Waals surface area contributed by atoms with Gasteiger partial charge < -0.3 is 31.1 Å². The van der Waals surface area contributed by atoms with E-state index < -0.39 is 5.91 Å². The minimum atomic E-state index is -0.499. The third-order valence-electron chi connectivity index (χ3n) is 5.65. The number of nitrogens with one attached hydrogen (secondary N) is 2. The Morgan fingerprint density at radius 2 is 1.87 bits per heavy atom. The molecule has 31 heavy (non-hydrogen) atoms. The third-order valence-corrected chi connectivity index (χ3v) is 5.65. The summed E-state index contributed by atoms with van der Waals surface area (Å²) in [6, 6.07) is 2.89. The number of rotatable bonds is 6. The van der Waals surface area contributed by atoms with Gasteiger partial charge in [0.2, 0.25) is 5.91 Å². The van der Waals surface area contributed by atoms with Crippen molar-refractivity contribution in [1.82, 2.24) is 10.5 Å². The van der Waals surface area contributed by atoms with Gasteiger partial charge in [-0.3, -0.25) is 9.59 Å². The number of hydrogen-bond donors (Lipinski definition) is 5. The van der Waals surface area contributed by atoms with Gasteiger partial charge in [0.25, 0.3) is 5.91 Å². The van der Waals surface area contributed by atoms with Gasteiger partial charge in [-0.1, -0.05) is 19.0 Å². The summed E-state index contributed by atoms with van der Waals surface area (Å²) in [4.78, 5) is 25.5. The van der Waals surface area contributed by atoms with Crippen molar-refractivity contribution >= 4 is 17.5 Å². The van der Waals surface area contributed by atoms with E-state index in [-0.39, 0.29) is 58.0 Å². The maximum Gasteiger partial charge on any atom is 0.275 e.